The quantitative estimate of drug-likeness (QED) is 0.284. The highest BCUT2D eigenvalue weighted by Gasteiger charge is 2.30. The molecule has 0 spiro atoms. The summed E-state index contributed by atoms with van der Waals surface area (Å²) in [5.41, 5.74) is 0.176. The van der Waals surface area contributed by atoms with Crippen LogP contribution in [0.5, 0.6) is 11.5 Å². The third-order valence-corrected chi connectivity index (χ3v) is 6.76. The molecule has 0 aliphatic carbocycles. The van der Waals surface area contributed by atoms with Gasteiger partial charge in [-0.3, -0.25) is 4.68 Å². The van der Waals surface area contributed by atoms with E-state index >= 15 is 0 Å². The highest BCUT2D eigenvalue weighted by molar-refractivity contribution is 7.89. The van der Waals surface area contributed by atoms with Gasteiger partial charge in [0.2, 0.25) is 10.0 Å². The second-order valence-corrected chi connectivity index (χ2v) is 10.4. The molecule has 4 rings (SSSR count). The number of ether oxygens (including phenoxy) is 1. The van der Waals surface area contributed by atoms with Crippen molar-refractivity contribution in [2.24, 2.45) is 5.92 Å². The lowest BCUT2D eigenvalue weighted by Crippen LogP contribution is -2.23. The normalized spacial score (nSPS) is 12.4. The van der Waals surface area contributed by atoms with Gasteiger partial charge in [-0.2, -0.15) is 18.3 Å². The van der Waals surface area contributed by atoms with Gasteiger partial charge in [0.15, 0.2) is 0 Å². The molecule has 1 aromatic heterocycles. The SMILES string of the molecule is CC(C)Cn1ncc2cc(Oc3ccc(F)cc3CNS(=O)(=O)c3ccc(C(F)(F)F)cc3)ccc21. The molecule has 0 amide bonds. The summed E-state index contributed by atoms with van der Waals surface area (Å²) in [6.45, 7) is 4.59. The number of nitrogens with zero attached hydrogens (tertiary/aromatic N) is 2. The first-order chi connectivity index (χ1) is 16.9. The Morgan fingerprint density at radius 3 is 2.42 bits per heavy atom. The summed E-state index contributed by atoms with van der Waals surface area (Å²) < 4.78 is 87.6. The van der Waals surface area contributed by atoms with Gasteiger partial charge in [-0.05, 0) is 66.6 Å². The maximum absolute atomic E-state index is 13.9. The van der Waals surface area contributed by atoms with Crippen molar-refractivity contribution >= 4 is 20.9 Å². The van der Waals surface area contributed by atoms with Crippen molar-refractivity contribution in [1.82, 2.24) is 14.5 Å². The molecule has 0 saturated carbocycles. The van der Waals surface area contributed by atoms with Gasteiger partial charge in [0, 0.05) is 24.0 Å². The molecule has 1 N–H and O–H groups in total. The number of sulfonamides is 1. The van der Waals surface area contributed by atoms with Crippen molar-refractivity contribution in [1.29, 1.82) is 0 Å². The van der Waals surface area contributed by atoms with Crippen LogP contribution in [0.4, 0.5) is 17.6 Å². The van der Waals surface area contributed by atoms with Crippen LogP contribution in [0.2, 0.25) is 0 Å². The van der Waals surface area contributed by atoms with Gasteiger partial charge >= 0.3 is 6.18 Å². The van der Waals surface area contributed by atoms with Gasteiger partial charge < -0.3 is 4.74 Å². The van der Waals surface area contributed by atoms with Gasteiger partial charge in [0.25, 0.3) is 0 Å². The van der Waals surface area contributed by atoms with Gasteiger partial charge in [0.05, 0.1) is 22.2 Å². The van der Waals surface area contributed by atoms with Gasteiger partial charge in [-0.1, -0.05) is 13.8 Å². The maximum Gasteiger partial charge on any atom is 0.416 e. The molecule has 11 heteroatoms. The van der Waals surface area contributed by atoms with Crippen molar-refractivity contribution < 1.29 is 30.7 Å². The zero-order valence-electron chi connectivity index (χ0n) is 19.4. The molecule has 0 aliphatic rings. The topological polar surface area (TPSA) is 73.2 Å². The minimum atomic E-state index is -4.58. The first-order valence-corrected chi connectivity index (χ1v) is 12.5. The number of benzene rings is 3. The van der Waals surface area contributed by atoms with Crippen LogP contribution in [0, 0.1) is 11.7 Å². The van der Waals surface area contributed by atoms with E-state index in [1.54, 1.807) is 18.3 Å². The summed E-state index contributed by atoms with van der Waals surface area (Å²) in [6.07, 6.45) is -2.87. The fourth-order valence-electron chi connectivity index (χ4n) is 3.61. The zero-order chi connectivity index (χ0) is 26.1. The molecule has 0 unspecified atom stereocenters. The maximum atomic E-state index is 13.9. The van der Waals surface area contributed by atoms with Crippen molar-refractivity contribution in [2.45, 2.75) is 38.0 Å². The third-order valence-electron chi connectivity index (χ3n) is 5.35. The van der Waals surface area contributed by atoms with Gasteiger partial charge in [-0.25, -0.2) is 17.5 Å². The summed E-state index contributed by atoms with van der Waals surface area (Å²) in [5.74, 6) is 0.485. The number of halogens is 4. The van der Waals surface area contributed by atoms with Crippen molar-refractivity contribution in [2.75, 3.05) is 0 Å². The van der Waals surface area contributed by atoms with E-state index in [1.165, 1.54) is 12.1 Å². The smallest absolute Gasteiger partial charge is 0.416 e. The van der Waals surface area contributed by atoms with Crippen LogP contribution in [-0.2, 0) is 29.3 Å². The third kappa shape index (κ3) is 5.85. The molecular formula is C25H23F4N3O3S. The number of rotatable bonds is 8. The second kappa shape index (κ2) is 9.90. The fraction of sp³-hybridized carbons (Fsp3) is 0.240. The Balaban J connectivity index is 1.53. The monoisotopic (exact) mass is 521 g/mol. The van der Waals surface area contributed by atoms with Crippen molar-refractivity contribution in [3.63, 3.8) is 0 Å². The van der Waals surface area contributed by atoms with Crippen molar-refractivity contribution in [3.05, 3.63) is 83.8 Å². The molecule has 0 fully saturated rings. The summed E-state index contributed by atoms with van der Waals surface area (Å²) in [5, 5.41) is 5.24. The molecular weight excluding hydrogens is 498 g/mol. The molecule has 0 bridgehead atoms. The fourth-order valence-corrected chi connectivity index (χ4v) is 4.62. The number of nitrogens with one attached hydrogen (secondary N) is 1. The van der Waals surface area contributed by atoms with E-state index < -0.39 is 27.6 Å². The molecule has 0 saturated heterocycles. The molecule has 1 heterocycles. The lowest BCUT2D eigenvalue weighted by atomic mass is 10.2. The van der Waals surface area contributed by atoms with E-state index in [2.05, 4.69) is 23.7 Å². The van der Waals surface area contributed by atoms with E-state index in [9.17, 15) is 26.0 Å². The molecule has 190 valence electrons. The molecule has 0 atom stereocenters. The Labute approximate surface area is 205 Å². The summed E-state index contributed by atoms with van der Waals surface area (Å²) in [4.78, 5) is -0.349. The Kier molecular flexibility index (Phi) is 7.05. The molecule has 3 aromatic carbocycles. The highest BCUT2D eigenvalue weighted by Crippen LogP contribution is 2.31. The Morgan fingerprint density at radius 1 is 1.03 bits per heavy atom. The van der Waals surface area contributed by atoms with E-state index in [4.69, 9.17) is 4.74 Å². The van der Waals surface area contributed by atoms with E-state index in [0.29, 0.717) is 23.8 Å². The van der Waals surface area contributed by atoms with E-state index in [0.717, 1.165) is 35.6 Å². The zero-order valence-corrected chi connectivity index (χ0v) is 20.2. The Morgan fingerprint density at radius 2 is 1.75 bits per heavy atom. The molecule has 36 heavy (non-hydrogen) atoms. The minimum absolute atomic E-state index is 0.209. The lowest BCUT2D eigenvalue weighted by molar-refractivity contribution is -0.137. The summed E-state index contributed by atoms with van der Waals surface area (Å²) >= 11 is 0. The van der Waals surface area contributed by atoms with Crippen LogP contribution in [-0.4, -0.2) is 18.2 Å². The van der Waals surface area contributed by atoms with Gasteiger partial charge in [0.1, 0.15) is 17.3 Å². The first-order valence-electron chi connectivity index (χ1n) is 11.0. The van der Waals surface area contributed by atoms with Crippen LogP contribution < -0.4 is 9.46 Å². The number of hydrogen-bond acceptors (Lipinski definition) is 4. The standard InChI is InChI=1S/C25H23F4N3O3S/c1-16(2)15-32-23-9-6-21(12-17(23)13-30-32)35-24-10-5-20(26)11-18(24)14-31-36(33,34)22-7-3-19(4-8-22)25(27,28)29/h3-13,16,31H,14-15H2,1-2H3. The molecule has 4 aromatic rings. The van der Waals surface area contributed by atoms with E-state index in [1.807, 2.05) is 10.7 Å². The number of alkyl halides is 3. The Bertz CT molecular complexity index is 1480. The predicted octanol–water partition coefficient (Wildman–Crippen LogP) is 6.12. The number of fused-ring (bicyclic) bond motifs is 1. The van der Waals surface area contributed by atoms with Crippen molar-refractivity contribution in [3.8, 4) is 11.5 Å². The minimum Gasteiger partial charge on any atom is -0.457 e. The molecule has 0 aliphatic heterocycles. The summed E-state index contributed by atoms with van der Waals surface area (Å²) in [6, 6.07) is 12.2. The average Bonchev–Trinajstić information content (AvgIpc) is 3.20. The Hall–Kier alpha value is -3.44. The predicted molar refractivity (Wildman–Crippen MR) is 127 cm³/mol. The van der Waals surface area contributed by atoms with E-state index in [-0.39, 0.29) is 22.8 Å². The highest BCUT2D eigenvalue weighted by atomic mass is 32.2. The van der Waals surface area contributed by atoms with Crippen LogP contribution >= 0.6 is 0 Å². The first kappa shape index (κ1) is 25.6. The average molecular weight is 522 g/mol. The van der Waals surface area contributed by atoms with Crippen LogP contribution in [0.3, 0.4) is 0 Å². The van der Waals surface area contributed by atoms with Crippen LogP contribution in [0.15, 0.2) is 71.8 Å². The largest absolute Gasteiger partial charge is 0.457 e. The van der Waals surface area contributed by atoms with Crippen LogP contribution in [0.1, 0.15) is 25.0 Å². The summed E-state index contributed by atoms with van der Waals surface area (Å²) in [7, 11) is -4.17. The number of aromatic nitrogens is 2. The van der Waals surface area contributed by atoms with Crippen LogP contribution in [0.25, 0.3) is 10.9 Å². The number of hydrogen-bond donors (Lipinski definition) is 1. The molecule has 6 nitrogen and oxygen atoms in total. The second-order valence-electron chi connectivity index (χ2n) is 8.64. The lowest BCUT2D eigenvalue weighted by Gasteiger charge is -2.13. The van der Waals surface area contributed by atoms with Gasteiger partial charge in [-0.15, -0.1) is 0 Å². The molecule has 0 radical (unpaired) electrons.